The second-order valence-corrected chi connectivity index (χ2v) is 7.84. The highest BCUT2D eigenvalue weighted by Gasteiger charge is 2.66. The van der Waals surface area contributed by atoms with Gasteiger partial charge in [-0.2, -0.15) is 0 Å². The van der Waals surface area contributed by atoms with Crippen molar-refractivity contribution in [1.29, 1.82) is 0 Å². The van der Waals surface area contributed by atoms with Crippen molar-refractivity contribution in [3.8, 4) is 5.69 Å². The molecule has 4 rings (SSSR count). The number of fused-ring (bicyclic) bond motifs is 1. The largest absolute Gasteiger partial charge is 0.369 e. The van der Waals surface area contributed by atoms with Gasteiger partial charge in [0.05, 0.1) is 5.41 Å². The molecule has 1 aromatic heterocycles. The quantitative estimate of drug-likeness (QED) is 0.910. The average molecular weight is 339 g/mol. The van der Waals surface area contributed by atoms with Gasteiger partial charge in [-0.05, 0) is 36.0 Å². The fraction of sp³-hybridized carbons (Fsp3) is 0.444. The molecule has 1 aromatic carbocycles. The number of nitrogens with zero attached hydrogens (tertiary/aromatic N) is 4. The highest BCUT2D eigenvalue weighted by molar-refractivity contribution is 5.96. The zero-order chi connectivity index (χ0) is 17.8. The maximum absolute atomic E-state index is 13.0. The van der Waals surface area contributed by atoms with Crippen molar-refractivity contribution in [2.75, 3.05) is 13.1 Å². The van der Waals surface area contributed by atoms with Crippen LogP contribution in [0.3, 0.4) is 0 Å². The van der Waals surface area contributed by atoms with Crippen molar-refractivity contribution in [3.05, 3.63) is 42.5 Å². The summed E-state index contributed by atoms with van der Waals surface area (Å²) < 4.78 is 1.75. The number of primary amides is 1. The second kappa shape index (κ2) is 5.15. The molecule has 0 radical (unpaired) electrons. The molecule has 130 valence electrons. The fourth-order valence-electron chi connectivity index (χ4n) is 4.70. The maximum Gasteiger partial charge on any atom is 0.253 e. The van der Waals surface area contributed by atoms with Crippen molar-refractivity contribution < 1.29 is 9.59 Å². The van der Waals surface area contributed by atoms with Crippen LogP contribution in [-0.4, -0.2) is 44.6 Å². The summed E-state index contributed by atoms with van der Waals surface area (Å²) in [7, 11) is 0. The molecule has 25 heavy (non-hydrogen) atoms. The predicted molar refractivity (Wildman–Crippen MR) is 90.8 cm³/mol. The Morgan fingerprint density at radius 2 is 1.96 bits per heavy atom. The first kappa shape index (κ1) is 15.8. The molecule has 1 saturated carbocycles. The zero-order valence-electron chi connectivity index (χ0n) is 14.3. The summed E-state index contributed by atoms with van der Waals surface area (Å²) in [6, 6.07) is 7.33. The zero-order valence-corrected chi connectivity index (χ0v) is 14.3. The Labute approximate surface area is 145 Å². The van der Waals surface area contributed by atoms with Crippen molar-refractivity contribution >= 4 is 11.8 Å². The summed E-state index contributed by atoms with van der Waals surface area (Å²) >= 11 is 0. The van der Waals surface area contributed by atoms with Crippen LogP contribution in [-0.2, 0) is 4.79 Å². The van der Waals surface area contributed by atoms with Gasteiger partial charge < -0.3 is 10.6 Å². The first-order chi connectivity index (χ1) is 11.8. The number of rotatable bonds is 3. The molecular formula is C18H21N5O2. The Bertz CT molecular complexity index is 845. The molecule has 0 unspecified atom stereocenters. The normalized spacial score (nSPS) is 26.8. The van der Waals surface area contributed by atoms with E-state index >= 15 is 0 Å². The van der Waals surface area contributed by atoms with E-state index in [4.69, 9.17) is 5.73 Å². The van der Waals surface area contributed by atoms with E-state index in [1.165, 1.54) is 0 Å². The van der Waals surface area contributed by atoms with Crippen LogP contribution < -0.4 is 5.73 Å². The smallest absolute Gasteiger partial charge is 0.253 e. The van der Waals surface area contributed by atoms with Crippen molar-refractivity contribution in [1.82, 2.24) is 19.7 Å². The number of hydrogen-bond donors (Lipinski definition) is 1. The Morgan fingerprint density at radius 3 is 2.56 bits per heavy atom. The van der Waals surface area contributed by atoms with Gasteiger partial charge in [0.15, 0.2) is 0 Å². The molecule has 2 heterocycles. The third-order valence-electron chi connectivity index (χ3n) is 5.85. The molecule has 1 aliphatic heterocycles. The van der Waals surface area contributed by atoms with Gasteiger partial charge in [-0.1, -0.05) is 19.9 Å². The van der Waals surface area contributed by atoms with Crippen LogP contribution >= 0.6 is 0 Å². The topological polar surface area (TPSA) is 94.1 Å². The Kier molecular flexibility index (Phi) is 3.25. The lowest BCUT2D eigenvalue weighted by Gasteiger charge is -2.54. The standard InChI is InChI=1S/C18H21N5O2/c1-17(2)8-18(16(19)25)9-22(7-14(17)18)15(24)12-4-3-5-13(6-12)23-10-20-21-11-23/h3-6,10-11,14H,7-9H2,1-2H3,(H2,19,25)/t14-,18+/m1/s1. The molecular weight excluding hydrogens is 318 g/mol. The van der Waals surface area contributed by atoms with Crippen molar-refractivity contribution in [2.45, 2.75) is 20.3 Å². The summed E-state index contributed by atoms with van der Waals surface area (Å²) in [6.07, 6.45) is 3.92. The monoisotopic (exact) mass is 339 g/mol. The van der Waals surface area contributed by atoms with Gasteiger partial charge in [-0.3, -0.25) is 14.2 Å². The van der Waals surface area contributed by atoms with E-state index < -0.39 is 5.41 Å². The van der Waals surface area contributed by atoms with Crippen LogP contribution in [0.4, 0.5) is 0 Å². The molecule has 0 spiro atoms. The van der Waals surface area contributed by atoms with Gasteiger partial charge in [0.25, 0.3) is 5.91 Å². The number of carbonyl (C=O) groups excluding carboxylic acids is 2. The maximum atomic E-state index is 13.0. The first-order valence-electron chi connectivity index (χ1n) is 8.38. The van der Waals surface area contributed by atoms with Gasteiger partial charge in [0, 0.05) is 24.3 Å². The van der Waals surface area contributed by atoms with E-state index in [1.807, 2.05) is 18.2 Å². The Balaban J connectivity index is 1.61. The molecule has 2 atom stereocenters. The molecule has 7 nitrogen and oxygen atoms in total. The van der Waals surface area contributed by atoms with Gasteiger partial charge >= 0.3 is 0 Å². The number of hydrogen-bond acceptors (Lipinski definition) is 4. The van der Waals surface area contributed by atoms with E-state index in [9.17, 15) is 9.59 Å². The van der Waals surface area contributed by atoms with E-state index in [0.717, 1.165) is 12.1 Å². The van der Waals surface area contributed by atoms with E-state index in [2.05, 4.69) is 24.0 Å². The minimum atomic E-state index is -0.564. The molecule has 2 amide bonds. The third-order valence-corrected chi connectivity index (χ3v) is 5.85. The number of carbonyl (C=O) groups is 2. The number of aromatic nitrogens is 3. The van der Waals surface area contributed by atoms with Gasteiger partial charge in [-0.15, -0.1) is 10.2 Å². The van der Waals surface area contributed by atoms with Crippen LogP contribution in [0.15, 0.2) is 36.9 Å². The van der Waals surface area contributed by atoms with Gasteiger partial charge in [0.1, 0.15) is 12.7 Å². The van der Waals surface area contributed by atoms with E-state index in [-0.39, 0.29) is 23.1 Å². The van der Waals surface area contributed by atoms with E-state index in [1.54, 1.807) is 28.2 Å². The van der Waals surface area contributed by atoms with Crippen LogP contribution in [0.25, 0.3) is 5.69 Å². The second-order valence-electron chi connectivity index (χ2n) is 7.84. The van der Waals surface area contributed by atoms with Crippen LogP contribution in [0.1, 0.15) is 30.6 Å². The minimum absolute atomic E-state index is 0.0361. The molecule has 2 aliphatic rings. The summed E-state index contributed by atoms with van der Waals surface area (Å²) in [5, 5.41) is 7.58. The summed E-state index contributed by atoms with van der Waals surface area (Å²) in [4.78, 5) is 26.8. The molecule has 2 fully saturated rings. The number of likely N-dealkylation sites (tertiary alicyclic amines) is 1. The first-order valence-corrected chi connectivity index (χ1v) is 8.38. The summed E-state index contributed by atoms with van der Waals surface area (Å²) in [6.45, 7) is 5.26. The minimum Gasteiger partial charge on any atom is -0.369 e. The molecule has 2 N–H and O–H groups in total. The number of amides is 2. The van der Waals surface area contributed by atoms with Crippen molar-refractivity contribution in [2.24, 2.45) is 22.5 Å². The third kappa shape index (κ3) is 2.26. The summed E-state index contributed by atoms with van der Waals surface area (Å²) in [5.74, 6) is -0.228. The summed E-state index contributed by atoms with van der Waals surface area (Å²) in [5.41, 5.74) is 6.57. The SMILES string of the molecule is CC1(C)C[C@]2(C(N)=O)CN(C(=O)c3cccc(-n4cnnc4)c3)C[C@H]12. The molecule has 1 saturated heterocycles. The lowest BCUT2D eigenvalue weighted by molar-refractivity contribution is -0.148. The highest BCUT2D eigenvalue weighted by atomic mass is 16.2. The molecule has 1 aliphatic carbocycles. The lowest BCUT2D eigenvalue weighted by Crippen LogP contribution is -2.59. The predicted octanol–water partition coefficient (Wildman–Crippen LogP) is 1.24. The van der Waals surface area contributed by atoms with Crippen LogP contribution in [0.5, 0.6) is 0 Å². The fourth-order valence-corrected chi connectivity index (χ4v) is 4.70. The number of nitrogens with two attached hydrogens (primary N) is 1. The van der Waals surface area contributed by atoms with Gasteiger partial charge in [-0.25, -0.2) is 0 Å². The van der Waals surface area contributed by atoms with Gasteiger partial charge in [0.2, 0.25) is 5.91 Å². The molecule has 2 aromatic rings. The van der Waals surface area contributed by atoms with Crippen LogP contribution in [0.2, 0.25) is 0 Å². The average Bonchev–Trinajstić information content (AvgIpc) is 3.21. The molecule has 0 bridgehead atoms. The number of benzene rings is 1. The highest BCUT2D eigenvalue weighted by Crippen LogP contribution is 2.62. The molecule has 7 heteroatoms. The Hall–Kier alpha value is -2.70. The van der Waals surface area contributed by atoms with Crippen LogP contribution in [0, 0.1) is 16.7 Å². The Morgan fingerprint density at radius 1 is 1.24 bits per heavy atom. The van der Waals surface area contributed by atoms with E-state index in [0.29, 0.717) is 18.7 Å². The lowest BCUT2D eigenvalue weighted by atomic mass is 9.48. The van der Waals surface area contributed by atoms with Crippen molar-refractivity contribution in [3.63, 3.8) is 0 Å².